The molecule has 0 unspecified atom stereocenters. The smallest absolute Gasteiger partial charge is 0.351 e. The molecule has 0 saturated carbocycles. The molecule has 0 bridgehead atoms. The highest BCUT2D eigenvalue weighted by atomic mass is 35.7. The van der Waals surface area contributed by atoms with Crippen molar-refractivity contribution in [2.75, 3.05) is 6.54 Å². The Hall–Kier alpha value is -1.22. The zero-order valence-electron chi connectivity index (χ0n) is 11.2. The fourth-order valence-corrected chi connectivity index (χ4v) is 2.28. The van der Waals surface area contributed by atoms with Gasteiger partial charge in [0.05, 0.1) is 0 Å². The summed E-state index contributed by atoms with van der Waals surface area (Å²) in [6.07, 6.45) is -3.90. The molecule has 1 aromatic rings. The molecular weight excluding hydrogens is 333 g/mol. The summed E-state index contributed by atoms with van der Waals surface area (Å²) in [5.41, 5.74) is -0.410. The van der Waals surface area contributed by atoms with Crippen LogP contribution in [0.3, 0.4) is 0 Å². The molecule has 0 atom stereocenters. The zero-order valence-corrected chi connectivity index (χ0v) is 12.8. The molecule has 1 aromatic heterocycles. The lowest BCUT2D eigenvalue weighted by Gasteiger charge is -2.12. The van der Waals surface area contributed by atoms with Crippen LogP contribution < -0.4 is 5.32 Å². The Balaban J connectivity index is 3.15. The predicted molar refractivity (Wildman–Crippen MR) is 70.7 cm³/mol. The Morgan fingerprint density at radius 1 is 1.43 bits per heavy atom. The number of aromatic nitrogens is 1. The van der Waals surface area contributed by atoms with Crippen LogP contribution in [0.1, 0.15) is 24.3 Å². The van der Waals surface area contributed by atoms with E-state index in [9.17, 15) is 26.4 Å². The third-order valence-corrected chi connectivity index (χ3v) is 3.73. The number of carbonyl (C=O) groups excluding carboxylic acids is 1. The van der Waals surface area contributed by atoms with Crippen molar-refractivity contribution in [3.8, 4) is 0 Å². The SMILES string of the molecule is CC(C)CNC(=O)c1cc(S(=O)(=O)Cl)cn1CC(F)(F)F. The highest BCUT2D eigenvalue weighted by molar-refractivity contribution is 8.13. The Labute approximate surface area is 124 Å². The van der Waals surface area contributed by atoms with Crippen LogP contribution in [0.5, 0.6) is 0 Å². The number of nitrogens with zero attached hydrogens (tertiary/aromatic N) is 1. The van der Waals surface area contributed by atoms with Gasteiger partial charge in [0.15, 0.2) is 0 Å². The van der Waals surface area contributed by atoms with Crippen LogP contribution in [0.4, 0.5) is 13.2 Å². The quantitative estimate of drug-likeness (QED) is 0.832. The molecule has 0 radical (unpaired) electrons. The van der Waals surface area contributed by atoms with Crippen molar-refractivity contribution < 1.29 is 26.4 Å². The van der Waals surface area contributed by atoms with E-state index in [1.165, 1.54) is 0 Å². The van der Waals surface area contributed by atoms with Crippen molar-refractivity contribution in [2.24, 2.45) is 5.92 Å². The monoisotopic (exact) mass is 346 g/mol. The van der Waals surface area contributed by atoms with Gasteiger partial charge in [-0.25, -0.2) is 8.42 Å². The van der Waals surface area contributed by atoms with Gasteiger partial charge >= 0.3 is 6.18 Å². The van der Waals surface area contributed by atoms with E-state index in [0.29, 0.717) is 10.8 Å². The van der Waals surface area contributed by atoms with Crippen molar-refractivity contribution in [3.05, 3.63) is 18.0 Å². The molecule has 120 valence electrons. The average molecular weight is 347 g/mol. The Morgan fingerprint density at radius 3 is 2.43 bits per heavy atom. The van der Waals surface area contributed by atoms with Crippen LogP contribution in [0.25, 0.3) is 0 Å². The van der Waals surface area contributed by atoms with Crippen LogP contribution in [0, 0.1) is 5.92 Å². The van der Waals surface area contributed by atoms with E-state index in [2.05, 4.69) is 5.32 Å². The Bertz CT molecular complexity index is 623. The molecule has 1 amide bonds. The van der Waals surface area contributed by atoms with Gasteiger partial charge < -0.3 is 9.88 Å². The van der Waals surface area contributed by atoms with Crippen molar-refractivity contribution in [2.45, 2.75) is 31.5 Å². The summed E-state index contributed by atoms with van der Waals surface area (Å²) in [6.45, 7) is 2.39. The van der Waals surface area contributed by atoms with Crippen LogP contribution in [-0.4, -0.2) is 31.6 Å². The summed E-state index contributed by atoms with van der Waals surface area (Å²) >= 11 is 0. The second kappa shape index (κ2) is 6.27. The summed E-state index contributed by atoms with van der Waals surface area (Å²) < 4.78 is 60.3. The summed E-state index contributed by atoms with van der Waals surface area (Å²) in [6, 6.07) is 0.823. The van der Waals surface area contributed by atoms with E-state index in [-0.39, 0.29) is 12.5 Å². The minimum absolute atomic E-state index is 0.0937. The highest BCUT2D eigenvalue weighted by Crippen LogP contribution is 2.23. The first-order valence-corrected chi connectivity index (χ1v) is 8.21. The maximum Gasteiger partial charge on any atom is 0.406 e. The molecule has 1 heterocycles. The number of amides is 1. The van der Waals surface area contributed by atoms with E-state index in [0.717, 1.165) is 6.07 Å². The van der Waals surface area contributed by atoms with E-state index >= 15 is 0 Å². The number of halogens is 4. The van der Waals surface area contributed by atoms with E-state index in [1.54, 1.807) is 0 Å². The van der Waals surface area contributed by atoms with Crippen LogP contribution in [-0.2, 0) is 15.6 Å². The number of hydrogen-bond acceptors (Lipinski definition) is 3. The first-order valence-electron chi connectivity index (χ1n) is 5.90. The molecule has 0 aliphatic carbocycles. The second-order valence-corrected chi connectivity index (χ2v) is 7.41. The molecular formula is C11H14ClF3N2O3S. The van der Waals surface area contributed by atoms with Gasteiger partial charge in [-0.05, 0) is 12.0 Å². The molecule has 0 saturated heterocycles. The van der Waals surface area contributed by atoms with Gasteiger partial charge in [0, 0.05) is 23.4 Å². The van der Waals surface area contributed by atoms with Gasteiger partial charge in [-0.1, -0.05) is 13.8 Å². The third-order valence-electron chi connectivity index (χ3n) is 2.41. The summed E-state index contributed by atoms with van der Waals surface area (Å²) in [5, 5.41) is 2.42. The minimum atomic E-state index is -4.60. The van der Waals surface area contributed by atoms with Crippen LogP contribution >= 0.6 is 10.7 Å². The fraction of sp³-hybridized carbons (Fsp3) is 0.545. The van der Waals surface area contributed by atoms with Crippen molar-refractivity contribution in [1.82, 2.24) is 9.88 Å². The Kier molecular flexibility index (Phi) is 5.32. The lowest BCUT2D eigenvalue weighted by Crippen LogP contribution is -2.30. The van der Waals surface area contributed by atoms with E-state index < -0.39 is 38.3 Å². The molecule has 0 fully saturated rings. The van der Waals surface area contributed by atoms with Gasteiger partial charge in [-0.2, -0.15) is 13.2 Å². The van der Waals surface area contributed by atoms with Crippen LogP contribution in [0.2, 0.25) is 0 Å². The zero-order chi connectivity index (χ0) is 16.4. The maximum atomic E-state index is 12.5. The molecule has 21 heavy (non-hydrogen) atoms. The Morgan fingerprint density at radius 2 is 2.00 bits per heavy atom. The van der Waals surface area contributed by atoms with Gasteiger partial charge in [-0.15, -0.1) is 0 Å². The minimum Gasteiger partial charge on any atom is -0.351 e. The molecule has 0 aliphatic rings. The largest absolute Gasteiger partial charge is 0.406 e. The number of hydrogen-bond donors (Lipinski definition) is 1. The average Bonchev–Trinajstić information content (AvgIpc) is 2.66. The molecule has 0 aromatic carbocycles. The van der Waals surface area contributed by atoms with Gasteiger partial charge in [0.25, 0.3) is 15.0 Å². The predicted octanol–water partition coefficient (Wildman–Crippen LogP) is 2.36. The molecule has 0 spiro atoms. The topological polar surface area (TPSA) is 68.2 Å². The number of alkyl halides is 3. The van der Waals surface area contributed by atoms with Crippen molar-refractivity contribution >= 4 is 25.6 Å². The lowest BCUT2D eigenvalue weighted by atomic mass is 10.2. The van der Waals surface area contributed by atoms with Gasteiger partial charge in [0.2, 0.25) is 0 Å². The molecule has 10 heteroatoms. The van der Waals surface area contributed by atoms with E-state index in [4.69, 9.17) is 10.7 Å². The standard InChI is InChI=1S/C11H14ClF3N2O3S/c1-7(2)4-16-10(18)9-3-8(21(12,19)20)5-17(9)6-11(13,14)15/h3,5,7H,4,6H2,1-2H3,(H,16,18). The van der Waals surface area contributed by atoms with E-state index in [1.807, 2.05) is 13.8 Å². The fourth-order valence-electron chi connectivity index (χ4n) is 1.52. The van der Waals surface area contributed by atoms with Crippen LogP contribution in [0.15, 0.2) is 17.2 Å². The number of nitrogens with one attached hydrogen (secondary N) is 1. The van der Waals surface area contributed by atoms with Crippen molar-refractivity contribution in [3.63, 3.8) is 0 Å². The summed E-state index contributed by atoms with van der Waals surface area (Å²) in [7, 11) is 0.872. The molecule has 5 nitrogen and oxygen atoms in total. The highest BCUT2D eigenvalue weighted by Gasteiger charge is 2.31. The normalized spacial score (nSPS) is 12.7. The summed E-state index contributed by atoms with van der Waals surface area (Å²) in [4.78, 5) is 11.3. The number of carbonyl (C=O) groups is 1. The van der Waals surface area contributed by atoms with Crippen molar-refractivity contribution in [1.29, 1.82) is 0 Å². The summed E-state index contributed by atoms with van der Waals surface area (Å²) in [5.74, 6) is -0.698. The third kappa shape index (κ3) is 5.58. The van der Waals surface area contributed by atoms with Gasteiger partial charge in [0.1, 0.15) is 17.1 Å². The first-order chi connectivity index (χ1) is 9.40. The maximum absolute atomic E-state index is 12.5. The molecule has 1 N–H and O–H groups in total. The lowest BCUT2D eigenvalue weighted by molar-refractivity contribution is -0.140. The second-order valence-electron chi connectivity index (χ2n) is 4.85. The molecule has 0 aliphatic heterocycles. The number of rotatable bonds is 5. The molecule has 1 rings (SSSR count). The first kappa shape index (κ1) is 17.8. The van der Waals surface area contributed by atoms with Gasteiger partial charge in [-0.3, -0.25) is 4.79 Å².